The molecule has 1 aliphatic heterocycles. The van der Waals surface area contributed by atoms with E-state index < -0.39 is 53.7 Å². The molecule has 0 saturated heterocycles. The van der Waals surface area contributed by atoms with E-state index in [1.165, 1.54) is 25.1 Å². The zero-order valence-electron chi connectivity index (χ0n) is 37.7. The van der Waals surface area contributed by atoms with E-state index in [0.29, 0.717) is 57.4 Å². The number of hydrogen-bond acceptors (Lipinski definition) is 14. The fourth-order valence-electron chi connectivity index (χ4n) is 7.23. The Bertz CT molecular complexity index is 2390. The molecule has 0 spiro atoms. The molecule has 2 heterocycles. The molecule has 0 aliphatic carbocycles. The van der Waals surface area contributed by atoms with Gasteiger partial charge in [-0.15, -0.1) is 0 Å². The Morgan fingerprint density at radius 2 is 1.59 bits per heavy atom. The molecule has 10 N–H and O–H groups in total. The van der Waals surface area contributed by atoms with Gasteiger partial charge >= 0.3 is 0 Å². The van der Waals surface area contributed by atoms with E-state index in [1.807, 2.05) is 30.3 Å². The number of ether oxygens (including phenoxy) is 3. The summed E-state index contributed by atoms with van der Waals surface area (Å²) < 4.78 is 17.9. The van der Waals surface area contributed by atoms with Crippen LogP contribution in [0.25, 0.3) is 22.5 Å². The zero-order chi connectivity index (χ0) is 47.8. The Morgan fingerprint density at radius 3 is 2.23 bits per heavy atom. The second kappa shape index (κ2) is 24.2. The molecule has 4 aromatic rings. The number of hydrogen-bond donors (Lipinski definition) is 7. The Morgan fingerprint density at radius 1 is 0.909 bits per heavy atom. The van der Waals surface area contributed by atoms with Crippen LogP contribution in [-0.2, 0) is 25.6 Å². The van der Waals surface area contributed by atoms with Gasteiger partial charge < -0.3 is 57.6 Å². The number of benzene rings is 3. The quantitative estimate of drug-likeness (QED) is 0.0522. The number of aryl methyl sites for hydroxylation is 1. The highest BCUT2D eigenvalue weighted by molar-refractivity contribution is 6.00. The average molecular weight is 906 g/mol. The fourth-order valence-corrected chi connectivity index (χ4v) is 7.23. The van der Waals surface area contributed by atoms with Crippen LogP contribution in [-0.4, -0.2) is 116 Å². The second-order valence-corrected chi connectivity index (χ2v) is 15.6. The van der Waals surface area contributed by atoms with Crippen LogP contribution >= 0.6 is 0 Å². The fraction of sp³-hybridized carbons (Fsp3) is 0.404. The lowest BCUT2D eigenvalue weighted by molar-refractivity contribution is -0.141. The molecule has 4 bridgehead atoms. The molecule has 19 heteroatoms. The van der Waals surface area contributed by atoms with E-state index in [-0.39, 0.29) is 57.8 Å². The van der Waals surface area contributed by atoms with E-state index >= 15 is 0 Å². The van der Waals surface area contributed by atoms with E-state index in [2.05, 4.69) is 38.2 Å². The molecule has 0 saturated carbocycles. The Balaban J connectivity index is 1.53. The number of carbonyl (C=O) groups excluding carboxylic acids is 5. The number of fused-ring (bicyclic) bond motifs is 5. The number of nitrogens with two attached hydrogens (primary N) is 3. The van der Waals surface area contributed by atoms with Gasteiger partial charge in [0.1, 0.15) is 61.2 Å². The molecule has 4 atom stereocenters. The minimum atomic E-state index is -1.41. The first kappa shape index (κ1) is 49.9. The van der Waals surface area contributed by atoms with Crippen molar-refractivity contribution >= 4 is 29.5 Å². The van der Waals surface area contributed by atoms with Crippen molar-refractivity contribution in [3.63, 3.8) is 0 Å². The van der Waals surface area contributed by atoms with Gasteiger partial charge in [0.2, 0.25) is 23.6 Å². The van der Waals surface area contributed by atoms with Gasteiger partial charge in [0.25, 0.3) is 5.91 Å². The summed E-state index contributed by atoms with van der Waals surface area (Å²) >= 11 is 0. The van der Waals surface area contributed by atoms with Crippen molar-refractivity contribution in [3.8, 4) is 45.8 Å². The predicted octanol–water partition coefficient (Wildman–Crippen LogP) is 1.81. The predicted molar refractivity (Wildman–Crippen MR) is 246 cm³/mol. The monoisotopic (exact) mass is 905 g/mol. The SMILES string of the molecule is CCCCOc1ccc(-c2ncc(C(=O)N[C@@H](CCN)C(=O)N(C)[C@@H]3C(=O)N[C@@H](C)C(=O)N[C@H](C(=O)NCC#N)Cc4ccc(OCCN)c(c4)-c4cc3ccc4OCCN)c(C)n2)cc1. The zero-order valence-corrected chi connectivity index (χ0v) is 37.7. The number of nitrogens with one attached hydrogen (secondary N) is 4. The number of carbonyl (C=O) groups is 5. The first-order valence-corrected chi connectivity index (χ1v) is 21.9. The van der Waals surface area contributed by atoms with Gasteiger partial charge in [-0.2, -0.15) is 5.26 Å². The third-order valence-corrected chi connectivity index (χ3v) is 10.7. The topological polar surface area (TPSA) is 292 Å². The van der Waals surface area contributed by atoms with Gasteiger partial charge in [-0.1, -0.05) is 25.5 Å². The van der Waals surface area contributed by atoms with Crippen molar-refractivity contribution in [2.24, 2.45) is 17.2 Å². The standard InChI is InChI=1S/C47H59N11O8/c1-5-6-21-64-33-11-8-31(9-12-33)42-53-27-36(28(2)54-42)44(60)56-37(15-16-48)47(63)58(4)41-32-10-14-40(66-23-19-51)35(26-32)34-24-30(7-13-39(34)65-22-18-50)25-38(45(61)52-20-17-49)57-43(59)29(3)55-46(41)62/h7-14,24,26-27,29,37-38,41H,5-6,15-16,18-23,25,48,50-51H2,1-4H3,(H,52,61)(H,55,62)(H,56,60)(H,57,59)/t29-,37-,38-,41-/m0/s1. The summed E-state index contributed by atoms with van der Waals surface area (Å²) in [7, 11) is 1.41. The maximum atomic E-state index is 14.6. The van der Waals surface area contributed by atoms with E-state index in [1.54, 1.807) is 43.3 Å². The number of nitriles is 1. The molecular weight excluding hydrogens is 847 g/mol. The molecule has 5 amide bonds. The van der Waals surface area contributed by atoms with Crippen LogP contribution in [0.4, 0.5) is 0 Å². The van der Waals surface area contributed by atoms with Crippen LogP contribution in [0.1, 0.15) is 66.3 Å². The number of likely N-dealkylation sites (N-methyl/N-ethyl adjacent to an activating group) is 1. The Hall–Kier alpha value is -7.14. The largest absolute Gasteiger partial charge is 0.494 e. The molecule has 0 fully saturated rings. The van der Waals surface area contributed by atoms with Crippen LogP contribution in [0.15, 0.2) is 66.9 Å². The normalized spacial score (nSPS) is 16.3. The van der Waals surface area contributed by atoms with E-state index in [4.69, 9.17) is 36.7 Å². The summed E-state index contributed by atoms with van der Waals surface area (Å²) in [5.74, 6) is -1.52. The van der Waals surface area contributed by atoms with E-state index in [0.717, 1.165) is 18.6 Å². The summed E-state index contributed by atoms with van der Waals surface area (Å²) in [6, 6.07) is 14.3. The molecule has 66 heavy (non-hydrogen) atoms. The number of nitrogens with zero attached hydrogens (tertiary/aromatic N) is 4. The van der Waals surface area contributed by atoms with Crippen molar-refractivity contribution in [2.75, 3.05) is 53.0 Å². The van der Waals surface area contributed by atoms with Gasteiger partial charge in [-0.3, -0.25) is 24.0 Å². The average Bonchev–Trinajstić information content (AvgIpc) is 3.31. The maximum absolute atomic E-state index is 14.6. The minimum absolute atomic E-state index is 0.000689. The lowest BCUT2D eigenvalue weighted by atomic mass is 9.93. The molecule has 19 nitrogen and oxygen atoms in total. The molecule has 3 aromatic carbocycles. The van der Waals surface area contributed by atoms with Gasteiger partial charge in [-0.05, 0) is 92.9 Å². The molecular formula is C47H59N11O8. The summed E-state index contributed by atoms with van der Waals surface area (Å²) in [5, 5.41) is 19.8. The summed E-state index contributed by atoms with van der Waals surface area (Å²) in [6.07, 6.45) is 3.34. The smallest absolute Gasteiger partial charge is 0.255 e. The van der Waals surface area contributed by atoms with Crippen LogP contribution < -0.4 is 52.7 Å². The Labute approximate surface area is 384 Å². The summed E-state index contributed by atoms with van der Waals surface area (Å²) in [4.78, 5) is 80.3. The van der Waals surface area contributed by atoms with Crippen molar-refractivity contribution in [1.82, 2.24) is 36.1 Å². The lowest BCUT2D eigenvalue weighted by Crippen LogP contribution is -2.56. The molecule has 350 valence electrons. The third kappa shape index (κ3) is 12.8. The molecule has 1 aliphatic rings. The van der Waals surface area contributed by atoms with Crippen molar-refractivity contribution in [1.29, 1.82) is 5.26 Å². The van der Waals surface area contributed by atoms with Gasteiger partial charge in [0.05, 0.1) is 23.9 Å². The van der Waals surface area contributed by atoms with Crippen LogP contribution in [0, 0.1) is 18.3 Å². The highest BCUT2D eigenvalue weighted by Crippen LogP contribution is 2.40. The van der Waals surface area contributed by atoms with Gasteiger partial charge in [0, 0.05) is 49.4 Å². The third-order valence-electron chi connectivity index (χ3n) is 10.7. The van der Waals surface area contributed by atoms with E-state index in [9.17, 15) is 24.0 Å². The van der Waals surface area contributed by atoms with Gasteiger partial charge in [-0.25, -0.2) is 9.97 Å². The molecule has 5 rings (SSSR count). The maximum Gasteiger partial charge on any atom is 0.255 e. The van der Waals surface area contributed by atoms with Crippen molar-refractivity contribution < 1.29 is 38.2 Å². The Kier molecular flexibility index (Phi) is 18.3. The lowest BCUT2D eigenvalue weighted by Gasteiger charge is -2.32. The summed E-state index contributed by atoms with van der Waals surface area (Å²) in [6.45, 7) is 6.14. The van der Waals surface area contributed by atoms with Crippen LogP contribution in [0.2, 0.25) is 0 Å². The van der Waals surface area contributed by atoms with Crippen molar-refractivity contribution in [2.45, 2.75) is 70.6 Å². The number of aromatic nitrogens is 2. The number of unbranched alkanes of at least 4 members (excludes halogenated alkanes) is 1. The minimum Gasteiger partial charge on any atom is -0.494 e. The molecule has 0 unspecified atom stereocenters. The van der Waals surface area contributed by atoms with Gasteiger partial charge in [0.15, 0.2) is 5.82 Å². The van der Waals surface area contributed by atoms with Crippen LogP contribution in [0.5, 0.6) is 17.2 Å². The first-order valence-electron chi connectivity index (χ1n) is 21.9. The van der Waals surface area contributed by atoms with Crippen LogP contribution in [0.3, 0.4) is 0 Å². The second-order valence-electron chi connectivity index (χ2n) is 15.6. The summed E-state index contributed by atoms with van der Waals surface area (Å²) in [5.41, 5.74) is 20.7. The first-order chi connectivity index (χ1) is 31.8. The molecule has 0 radical (unpaired) electrons. The number of rotatable bonds is 19. The highest BCUT2D eigenvalue weighted by atomic mass is 16.5. The number of amides is 5. The molecule has 1 aromatic heterocycles. The highest BCUT2D eigenvalue weighted by Gasteiger charge is 2.36. The van der Waals surface area contributed by atoms with Crippen molar-refractivity contribution in [3.05, 3.63) is 89.2 Å².